The van der Waals surface area contributed by atoms with E-state index >= 15 is 0 Å². The number of thiocarbonyl (C=S) groups is 1. The van der Waals surface area contributed by atoms with Crippen molar-refractivity contribution < 1.29 is 19.5 Å². The number of carbonyl (C=O) groups excluding carboxylic acids is 2. The molecule has 2 aromatic rings. The van der Waals surface area contributed by atoms with Crippen LogP contribution in [0.15, 0.2) is 46.7 Å². The maximum Gasteiger partial charge on any atom is 0.335 e. The molecule has 30 heavy (non-hydrogen) atoms. The highest BCUT2D eigenvalue weighted by molar-refractivity contribution is 8.26. The van der Waals surface area contributed by atoms with Gasteiger partial charge >= 0.3 is 5.97 Å². The second-order valence-electron chi connectivity index (χ2n) is 6.59. The second kappa shape index (κ2) is 10.5. The summed E-state index contributed by atoms with van der Waals surface area (Å²) in [4.78, 5) is 38.7. The summed E-state index contributed by atoms with van der Waals surface area (Å²) in [5, 5.41) is 13.6. The molecule has 1 aromatic heterocycles. The number of anilines is 1. The Bertz CT molecular complexity index is 969. The molecule has 1 aliphatic heterocycles. The summed E-state index contributed by atoms with van der Waals surface area (Å²) in [5.74, 6) is -1.18. The lowest BCUT2D eigenvalue weighted by atomic mass is 10.1. The molecule has 1 aromatic carbocycles. The zero-order valence-electron chi connectivity index (χ0n) is 16.0. The van der Waals surface area contributed by atoms with Crippen LogP contribution in [0.1, 0.15) is 40.9 Å². The number of carboxylic acids is 1. The van der Waals surface area contributed by atoms with E-state index in [2.05, 4.69) is 5.32 Å². The Balaban J connectivity index is 1.37. The van der Waals surface area contributed by atoms with E-state index in [4.69, 9.17) is 17.3 Å². The van der Waals surface area contributed by atoms with Crippen LogP contribution in [0.2, 0.25) is 0 Å². The van der Waals surface area contributed by atoms with Gasteiger partial charge in [0.25, 0.3) is 5.91 Å². The third kappa shape index (κ3) is 6.01. The fourth-order valence-electron chi connectivity index (χ4n) is 2.85. The highest BCUT2D eigenvalue weighted by Crippen LogP contribution is 2.33. The van der Waals surface area contributed by atoms with Crippen LogP contribution in [0, 0.1) is 0 Å². The molecule has 6 nitrogen and oxygen atoms in total. The highest BCUT2D eigenvalue weighted by atomic mass is 32.2. The number of carboxylic acid groups (broad SMARTS) is 1. The highest BCUT2D eigenvalue weighted by Gasteiger charge is 2.31. The van der Waals surface area contributed by atoms with Crippen LogP contribution < -0.4 is 5.32 Å². The van der Waals surface area contributed by atoms with E-state index in [9.17, 15) is 14.4 Å². The number of rotatable bonds is 9. The van der Waals surface area contributed by atoms with Gasteiger partial charge in [-0.2, -0.15) is 0 Å². The first kappa shape index (κ1) is 22.2. The smallest absolute Gasteiger partial charge is 0.335 e. The number of aromatic carboxylic acids is 1. The van der Waals surface area contributed by atoms with Crippen LogP contribution in [-0.4, -0.2) is 38.7 Å². The number of thioether (sulfide) groups is 1. The number of thiophene rings is 1. The van der Waals surface area contributed by atoms with Gasteiger partial charge in [0.05, 0.1) is 10.5 Å². The molecule has 0 unspecified atom stereocenters. The molecule has 2 N–H and O–H groups in total. The molecule has 0 saturated carbocycles. The first-order chi connectivity index (χ1) is 14.4. The van der Waals surface area contributed by atoms with Crippen LogP contribution in [0.5, 0.6) is 0 Å². The number of nitrogens with zero attached hydrogens (tertiary/aromatic N) is 1. The van der Waals surface area contributed by atoms with Gasteiger partial charge in [-0.3, -0.25) is 14.5 Å². The summed E-state index contributed by atoms with van der Waals surface area (Å²) in [6.07, 6.45) is 4.49. The van der Waals surface area contributed by atoms with Crippen molar-refractivity contribution in [2.45, 2.75) is 25.7 Å². The van der Waals surface area contributed by atoms with Gasteiger partial charge in [-0.25, -0.2) is 4.79 Å². The third-order valence-corrected chi connectivity index (χ3v) is 6.59. The molecule has 9 heteroatoms. The number of hydrogen-bond donors (Lipinski definition) is 2. The minimum Gasteiger partial charge on any atom is -0.478 e. The van der Waals surface area contributed by atoms with Crippen molar-refractivity contribution in [1.29, 1.82) is 0 Å². The predicted molar refractivity (Wildman–Crippen MR) is 125 cm³/mol. The zero-order chi connectivity index (χ0) is 21.5. The van der Waals surface area contributed by atoms with Crippen molar-refractivity contribution in [3.05, 3.63) is 57.1 Å². The summed E-state index contributed by atoms with van der Waals surface area (Å²) in [6, 6.07) is 9.95. The molecule has 0 radical (unpaired) electrons. The average Bonchev–Trinajstić information content (AvgIpc) is 3.31. The van der Waals surface area contributed by atoms with Crippen molar-refractivity contribution in [1.82, 2.24) is 4.90 Å². The van der Waals surface area contributed by atoms with Crippen LogP contribution in [-0.2, 0) is 9.59 Å². The minimum absolute atomic E-state index is 0.0547. The van der Waals surface area contributed by atoms with Crippen molar-refractivity contribution in [2.75, 3.05) is 11.9 Å². The molecule has 1 saturated heterocycles. The number of unbranched alkanes of at least 4 members (excludes halogenated alkanes) is 2. The molecule has 1 aliphatic rings. The topological polar surface area (TPSA) is 86.7 Å². The minimum atomic E-state index is -1.00. The van der Waals surface area contributed by atoms with E-state index in [1.807, 2.05) is 23.6 Å². The van der Waals surface area contributed by atoms with E-state index in [-0.39, 0.29) is 17.4 Å². The standard InChI is InChI=1S/C21H20N2O4S3/c24-18(22-15-9-7-14(8-10-15)20(26)27)6-2-1-3-11-23-19(25)17(30-21(23)28)13-16-5-4-12-29-16/h4-5,7-10,12-13H,1-3,6,11H2,(H,22,24)(H,26,27)/b17-13+. The van der Waals surface area contributed by atoms with Gasteiger partial charge in [0, 0.05) is 23.5 Å². The van der Waals surface area contributed by atoms with Crippen LogP contribution >= 0.6 is 35.3 Å². The molecule has 0 atom stereocenters. The normalized spacial score (nSPS) is 15.1. The molecule has 2 amide bonds. The molecule has 1 fully saturated rings. The maximum absolute atomic E-state index is 12.5. The lowest BCUT2D eigenvalue weighted by Crippen LogP contribution is -2.29. The predicted octanol–water partition coefficient (Wildman–Crippen LogP) is 4.85. The maximum atomic E-state index is 12.5. The van der Waals surface area contributed by atoms with E-state index in [0.29, 0.717) is 34.3 Å². The van der Waals surface area contributed by atoms with E-state index in [0.717, 1.165) is 17.7 Å². The molecule has 2 heterocycles. The van der Waals surface area contributed by atoms with E-state index in [1.54, 1.807) is 28.4 Å². The fraction of sp³-hybridized carbons (Fsp3) is 0.238. The van der Waals surface area contributed by atoms with Crippen molar-refractivity contribution >= 4 is 69.2 Å². The summed E-state index contributed by atoms with van der Waals surface area (Å²) >= 11 is 8.24. The van der Waals surface area contributed by atoms with Gasteiger partial charge < -0.3 is 10.4 Å². The van der Waals surface area contributed by atoms with Gasteiger partial charge in [-0.15, -0.1) is 11.3 Å². The molecular formula is C21H20N2O4S3. The molecule has 156 valence electrons. The second-order valence-corrected chi connectivity index (χ2v) is 9.25. The molecule has 0 aliphatic carbocycles. The molecular weight excluding hydrogens is 440 g/mol. The summed E-state index contributed by atoms with van der Waals surface area (Å²) < 4.78 is 0.574. The number of benzene rings is 1. The lowest BCUT2D eigenvalue weighted by Gasteiger charge is -2.14. The first-order valence-corrected chi connectivity index (χ1v) is 11.5. The van der Waals surface area contributed by atoms with E-state index in [1.165, 1.54) is 23.9 Å². The molecule has 0 bridgehead atoms. The Hall–Kier alpha value is -2.49. The Kier molecular flexibility index (Phi) is 7.78. The fourth-order valence-corrected chi connectivity index (χ4v) is 4.88. The lowest BCUT2D eigenvalue weighted by molar-refractivity contribution is -0.122. The summed E-state index contributed by atoms with van der Waals surface area (Å²) in [5.41, 5.74) is 0.744. The average molecular weight is 461 g/mol. The van der Waals surface area contributed by atoms with Gasteiger partial charge in [-0.1, -0.05) is 36.5 Å². The Labute approximate surface area is 188 Å². The summed E-state index contributed by atoms with van der Waals surface area (Å²) in [7, 11) is 0. The summed E-state index contributed by atoms with van der Waals surface area (Å²) in [6.45, 7) is 0.546. The monoisotopic (exact) mass is 460 g/mol. The largest absolute Gasteiger partial charge is 0.478 e. The zero-order valence-corrected chi connectivity index (χ0v) is 18.4. The van der Waals surface area contributed by atoms with E-state index < -0.39 is 5.97 Å². The Morgan fingerprint density at radius 3 is 2.57 bits per heavy atom. The molecule has 0 spiro atoms. The van der Waals surface area contributed by atoms with Gasteiger partial charge in [0.2, 0.25) is 5.91 Å². The number of hydrogen-bond acceptors (Lipinski definition) is 6. The number of carbonyl (C=O) groups is 3. The quantitative estimate of drug-likeness (QED) is 0.316. The van der Waals surface area contributed by atoms with Crippen LogP contribution in [0.3, 0.4) is 0 Å². The first-order valence-electron chi connectivity index (χ1n) is 9.36. The van der Waals surface area contributed by atoms with Gasteiger partial charge in [0.15, 0.2) is 0 Å². The van der Waals surface area contributed by atoms with Crippen molar-refractivity contribution in [3.8, 4) is 0 Å². The number of amides is 2. The third-order valence-electron chi connectivity index (χ3n) is 4.39. The van der Waals surface area contributed by atoms with Gasteiger partial charge in [0.1, 0.15) is 4.32 Å². The van der Waals surface area contributed by atoms with Crippen molar-refractivity contribution in [3.63, 3.8) is 0 Å². The molecule has 3 rings (SSSR count). The van der Waals surface area contributed by atoms with Crippen LogP contribution in [0.25, 0.3) is 6.08 Å². The van der Waals surface area contributed by atoms with Crippen LogP contribution in [0.4, 0.5) is 5.69 Å². The van der Waals surface area contributed by atoms with Gasteiger partial charge in [-0.05, 0) is 54.6 Å². The SMILES string of the molecule is O=C(CCCCCN1C(=O)/C(=C\c2cccs2)SC1=S)Nc1ccc(C(=O)O)cc1. The van der Waals surface area contributed by atoms with Crippen molar-refractivity contribution in [2.24, 2.45) is 0 Å². The number of nitrogens with one attached hydrogen (secondary N) is 1. The Morgan fingerprint density at radius 2 is 1.90 bits per heavy atom. The Morgan fingerprint density at radius 1 is 1.13 bits per heavy atom.